The molecule has 1 aromatic heterocycles. The van der Waals surface area contributed by atoms with Crippen molar-refractivity contribution in [1.82, 2.24) is 4.57 Å². The topological polar surface area (TPSA) is 89.8 Å². The van der Waals surface area contributed by atoms with Crippen molar-refractivity contribution in [2.75, 3.05) is 38.8 Å². The molecule has 0 spiro atoms. The van der Waals surface area contributed by atoms with Crippen LogP contribution < -0.4 is 5.32 Å². The molecule has 0 unspecified atom stereocenters. The summed E-state index contributed by atoms with van der Waals surface area (Å²) < 4.78 is 12.4. The Morgan fingerprint density at radius 2 is 1.93 bits per heavy atom. The molecule has 0 aliphatic carbocycles. The molecule has 7 nitrogen and oxygen atoms in total. The lowest BCUT2D eigenvalue weighted by Crippen LogP contribution is -2.17. The largest absolute Gasteiger partial charge is 0.454 e. The third-order valence-corrected chi connectivity index (χ3v) is 4.51. The van der Waals surface area contributed by atoms with Crippen LogP contribution in [0.1, 0.15) is 38.5 Å². The predicted molar refractivity (Wildman–Crippen MR) is 107 cm³/mol. The van der Waals surface area contributed by atoms with Gasteiger partial charge < -0.3 is 24.5 Å². The van der Waals surface area contributed by atoms with Crippen molar-refractivity contribution in [2.24, 2.45) is 0 Å². The van der Waals surface area contributed by atoms with Crippen LogP contribution in [0.2, 0.25) is 0 Å². The number of ether oxygens (including phenoxy) is 2. The zero-order valence-electron chi connectivity index (χ0n) is 16.7. The SMILES string of the molecule is COCCCn1c(C)cc(C(=O)COC(=O)c2ccccc2NCCO)c1C. The van der Waals surface area contributed by atoms with Gasteiger partial charge in [0.25, 0.3) is 0 Å². The van der Waals surface area contributed by atoms with Gasteiger partial charge in [-0.15, -0.1) is 0 Å². The summed E-state index contributed by atoms with van der Waals surface area (Å²) in [6, 6.07) is 8.67. The number of hydrogen-bond donors (Lipinski definition) is 2. The molecule has 0 aliphatic heterocycles. The highest BCUT2D eigenvalue weighted by Gasteiger charge is 2.19. The maximum Gasteiger partial charge on any atom is 0.340 e. The normalized spacial score (nSPS) is 10.7. The van der Waals surface area contributed by atoms with E-state index in [-0.39, 0.29) is 19.0 Å². The lowest BCUT2D eigenvalue weighted by molar-refractivity contribution is 0.0475. The van der Waals surface area contributed by atoms with Gasteiger partial charge in [-0.2, -0.15) is 0 Å². The minimum Gasteiger partial charge on any atom is -0.454 e. The van der Waals surface area contributed by atoms with Crippen LogP contribution in [0.5, 0.6) is 0 Å². The van der Waals surface area contributed by atoms with E-state index in [4.69, 9.17) is 14.6 Å². The molecular weight excluding hydrogens is 360 g/mol. The van der Waals surface area contributed by atoms with E-state index in [1.165, 1.54) is 0 Å². The van der Waals surface area contributed by atoms with E-state index in [2.05, 4.69) is 9.88 Å². The molecule has 2 rings (SSSR count). The number of benzene rings is 1. The van der Waals surface area contributed by atoms with Crippen LogP contribution in [0.15, 0.2) is 30.3 Å². The molecule has 28 heavy (non-hydrogen) atoms. The molecule has 0 aliphatic rings. The number of aliphatic hydroxyl groups excluding tert-OH is 1. The molecule has 0 bridgehead atoms. The van der Waals surface area contributed by atoms with Crippen LogP contribution in [-0.2, 0) is 16.0 Å². The van der Waals surface area contributed by atoms with Gasteiger partial charge in [0.05, 0.1) is 12.2 Å². The van der Waals surface area contributed by atoms with Gasteiger partial charge in [0.2, 0.25) is 5.78 Å². The van der Waals surface area contributed by atoms with Crippen LogP contribution in [0, 0.1) is 13.8 Å². The van der Waals surface area contributed by atoms with E-state index in [1.54, 1.807) is 31.4 Å². The number of nitrogens with one attached hydrogen (secondary N) is 1. The summed E-state index contributed by atoms with van der Waals surface area (Å²) in [6.45, 7) is 5.20. The summed E-state index contributed by atoms with van der Waals surface area (Å²) in [7, 11) is 1.66. The van der Waals surface area contributed by atoms with Crippen molar-refractivity contribution >= 4 is 17.4 Å². The van der Waals surface area contributed by atoms with Crippen molar-refractivity contribution in [3.05, 3.63) is 52.8 Å². The molecule has 7 heteroatoms. The molecular formula is C21H28N2O5. The molecule has 0 atom stereocenters. The number of aryl methyl sites for hydroxylation is 1. The Morgan fingerprint density at radius 3 is 2.64 bits per heavy atom. The zero-order valence-corrected chi connectivity index (χ0v) is 16.7. The molecule has 0 fully saturated rings. The molecule has 0 saturated carbocycles. The predicted octanol–water partition coefficient (Wildman–Crippen LogP) is 2.59. The summed E-state index contributed by atoms with van der Waals surface area (Å²) in [6.07, 6.45) is 0.854. The third kappa shape index (κ3) is 5.43. The number of esters is 1. The van der Waals surface area contributed by atoms with Gasteiger partial charge >= 0.3 is 5.97 Å². The van der Waals surface area contributed by atoms with Crippen LogP contribution in [0.3, 0.4) is 0 Å². The summed E-state index contributed by atoms with van der Waals surface area (Å²) in [5.74, 6) is -0.816. The number of methoxy groups -OCH3 is 1. The monoisotopic (exact) mass is 388 g/mol. The molecule has 0 amide bonds. The molecule has 1 heterocycles. The lowest BCUT2D eigenvalue weighted by atomic mass is 10.1. The Kier molecular flexibility index (Phi) is 8.22. The zero-order chi connectivity index (χ0) is 20.5. The number of hydrogen-bond acceptors (Lipinski definition) is 6. The van der Waals surface area contributed by atoms with E-state index < -0.39 is 5.97 Å². The fraction of sp³-hybridized carbons (Fsp3) is 0.429. The second-order valence-corrected chi connectivity index (χ2v) is 6.48. The smallest absolute Gasteiger partial charge is 0.340 e. The Balaban J connectivity index is 2.03. The Bertz CT molecular complexity index is 813. The van der Waals surface area contributed by atoms with E-state index in [1.807, 2.05) is 19.9 Å². The highest BCUT2D eigenvalue weighted by atomic mass is 16.5. The van der Waals surface area contributed by atoms with Gasteiger partial charge in [0, 0.05) is 49.4 Å². The molecule has 2 aromatic rings. The van der Waals surface area contributed by atoms with E-state index in [0.717, 1.165) is 24.4 Å². The van der Waals surface area contributed by atoms with Gasteiger partial charge in [-0.3, -0.25) is 4.79 Å². The average molecular weight is 388 g/mol. The molecule has 1 aromatic carbocycles. The summed E-state index contributed by atoms with van der Waals surface area (Å²) >= 11 is 0. The number of para-hydroxylation sites is 1. The summed E-state index contributed by atoms with van der Waals surface area (Å²) in [4.78, 5) is 25.0. The van der Waals surface area contributed by atoms with Crippen LogP contribution in [-0.4, -0.2) is 54.9 Å². The van der Waals surface area contributed by atoms with Gasteiger partial charge in [0.1, 0.15) is 0 Å². The number of ketones is 1. The maximum atomic E-state index is 12.6. The minimum absolute atomic E-state index is 0.0537. The minimum atomic E-state index is -0.580. The van der Waals surface area contributed by atoms with Gasteiger partial charge in [-0.1, -0.05) is 12.1 Å². The molecule has 0 saturated heterocycles. The van der Waals surface area contributed by atoms with Gasteiger partial charge in [-0.05, 0) is 38.5 Å². The number of carbonyl (C=O) groups is 2. The van der Waals surface area contributed by atoms with Crippen molar-refractivity contribution in [2.45, 2.75) is 26.8 Å². The van der Waals surface area contributed by atoms with Crippen LogP contribution >= 0.6 is 0 Å². The second-order valence-electron chi connectivity index (χ2n) is 6.48. The van der Waals surface area contributed by atoms with Crippen molar-refractivity contribution < 1.29 is 24.2 Å². The first-order valence-electron chi connectivity index (χ1n) is 9.29. The van der Waals surface area contributed by atoms with E-state index in [9.17, 15) is 9.59 Å². The lowest BCUT2D eigenvalue weighted by Gasteiger charge is -2.11. The quantitative estimate of drug-likeness (QED) is 0.349. The average Bonchev–Trinajstić information content (AvgIpc) is 2.99. The van der Waals surface area contributed by atoms with E-state index in [0.29, 0.717) is 30.0 Å². The number of nitrogens with zero attached hydrogens (tertiary/aromatic N) is 1. The Morgan fingerprint density at radius 1 is 1.18 bits per heavy atom. The van der Waals surface area contributed by atoms with Gasteiger partial charge in [0.15, 0.2) is 6.61 Å². The number of Topliss-reactive ketones (excluding diaryl/α,β-unsaturated/α-hetero) is 1. The van der Waals surface area contributed by atoms with Crippen molar-refractivity contribution in [1.29, 1.82) is 0 Å². The molecule has 0 radical (unpaired) electrons. The maximum absolute atomic E-state index is 12.6. The Hall–Kier alpha value is -2.64. The number of rotatable bonds is 11. The standard InChI is InChI=1S/C21H28N2O5/c1-15-13-18(16(2)23(15)10-6-12-27-3)20(25)14-28-21(26)17-7-4-5-8-19(17)22-9-11-24/h4-5,7-8,13,22,24H,6,9-12,14H2,1-3H3. The number of aliphatic hydroxyl groups is 1. The first-order chi connectivity index (χ1) is 13.5. The van der Waals surface area contributed by atoms with Crippen molar-refractivity contribution in [3.63, 3.8) is 0 Å². The first kappa shape index (κ1) is 21.7. The Labute approximate surface area is 165 Å². The summed E-state index contributed by atoms with van der Waals surface area (Å²) in [5, 5.41) is 11.9. The van der Waals surface area contributed by atoms with Crippen molar-refractivity contribution in [3.8, 4) is 0 Å². The van der Waals surface area contributed by atoms with E-state index >= 15 is 0 Å². The number of aromatic nitrogens is 1. The molecule has 152 valence electrons. The fourth-order valence-corrected chi connectivity index (χ4v) is 3.09. The van der Waals surface area contributed by atoms with Crippen LogP contribution in [0.4, 0.5) is 5.69 Å². The summed E-state index contributed by atoms with van der Waals surface area (Å²) in [5.41, 5.74) is 3.30. The van der Waals surface area contributed by atoms with Gasteiger partial charge in [-0.25, -0.2) is 4.79 Å². The highest BCUT2D eigenvalue weighted by Crippen LogP contribution is 2.18. The highest BCUT2D eigenvalue weighted by molar-refractivity contribution is 6.01. The third-order valence-electron chi connectivity index (χ3n) is 4.51. The second kappa shape index (κ2) is 10.6. The molecule has 2 N–H and O–H groups in total. The van der Waals surface area contributed by atoms with Crippen LogP contribution in [0.25, 0.3) is 0 Å². The number of carbonyl (C=O) groups excluding carboxylic acids is 2. The number of anilines is 1. The first-order valence-corrected chi connectivity index (χ1v) is 9.29. The fourth-order valence-electron chi connectivity index (χ4n) is 3.09.